The van der Waals surface area contributed by atoms with Crippen molar-refractivity contribution < 1.29 is 19.1 Å². The van der Waals surface area contributed by atoms with Crippen molar-refractivity contribution in [2.45, 2.75) is 27.7 Å². The Kier molecular flexibility index (Phi) is 7.50. The van der Waals surface area contributed by atoms with Gasteiger partial charge in [0.05, 0.1) is 13.2 Å². The lowest BCUT2D eigenvalue weighted by Gasteiger charge is -2.27. The molecule has 0 unspecified atom stereocenters. The van der Waals surface area contributed by atoms with Crippen molar-refractivity contribution in [1.82, 2.24) is 19.9 Å². The molecule has 35 heavy (non-hydrogen) atoms. The van der Waals surface area contributed by atoms with E-state index in [2.05, 4.69) is 20.3 Å². The molecule has 0 bridgehead atoms. The van der Waals surface area contributed by atoms with E-state index in [0.717, 1.165) is 22.2 Å². The number of morpholine rings is 1. The number of carbonyl (C=O) groups is 2. The van der Waals surface area contributed by atoms with E-state index in [1.807, 2.05) is 50.8 Å². The normalized spacial score (nSPS) is 13.7. The highest BCUT2D eigenvalue weighted by atomic mass is 16.5. The summed E-state index contributed by atoms with van der Waals surface area (Å²) in [6.45, 7) is 11.2. The van der Waals surface area contributed by atoms with Crippen molar-refractivity contribution in [2.75, 3.05) is 56.2 Å². The largest absolute Gasteiger partial charge is 0.467 e. The number of aromatic amines is 1. The van der Waals surface area contributed by atoms with Gasteiger partial charge in [0.1, 0.15) is 5.69 Å². The molecule has 1 aliphatic rings. The molecule has 3 aromatic rings. The minimum absolute atomic E-state index is 0.141. The molecule has 0 spiro atoms. The molecular formula is C25H32N6O4. The zero-order chi connectivity index (χ0) is 24.9. The van der Waals surface area contributed by atoms with Crippen LogP contribution in [-0.4, -0.2) is 77.7 Å². The van der Waals surface area contributed by atoms with Crippen molar-refractivity contribution in [2.24, 2.45) is 0 Å². The number of H-pyrrole nitrogens is 1. The van der Waals surface area contributed by atoms with Crippen molar-refractivity contribution in [3.63, 3.8) is 0 Å². The number of hydrogen-bond donors (Lipinski definition) is 2. The molecule has 1 saturated heterocycles. The van der Waals surface area contributed by atoms with Gasteiger partial charge in [0, 0.05) is 54.5 Å². The van der Waals surface area contributed by atoms with Crippen LogP contribution >= 0.6 is 0 Å². The highest BCUT2D eigenvalue weighted by molar-refractivity contribution is 6.04. The number of carbonyl (C=O) groups excluding carboxylic acids is 2. The summed E-state index contributed by atoms with van der Waals surface area (Å²) in [5, 5.41) is 3.98. The first-order valence-electron chi connectivity index (χ1n) is 11.9. The Morgan fingerprint density at radius 2 is 1.89 bits per heavy atom. The van der Waals surface area contributed by atoms with Crippen LogP contribution in [0.3, 0.4) is 0 Å². The van der Waals surface area contributed by atoms with Gasteiger partial charge < -0.3 is 29.6 Å². The molecule has 2 aromatic heterocycles. The van der Waals surface area contributed by atoms with Gasteiger partial charge in [0.2, 0.25) is 11.8 Å². The van der Waals surface area contributed by atoms with Crippen molar-refractivity contribution in [3.05, 3.63) is 41.2 Å². The SMILES string of the molecule is CCN(CC)C(=O)COc1cc(C(=O)Nc2ccc3[nH]c(C)c(C)c3c2)nc(N2CCOCC2)n1. The molecule has 1 aliphatic heterocycles. The van der Waals surface area contributed by atoms with Crippen molar-refractivity contribution in [1.29, 1.82) is 0 Å². The first-order valence-corrected chi connectivity index (χ1v) is 11.9. The van der Waals surface area contributed by atoms with Crippen molar-refractivity contribution >= 4 is 34.4 Å². The van der Waals surface area contributed by atoms with E-state index in [0.29, 0.717) is 51.0 Å². The topological polar surface area (TPSA) is 113 Å². The first kappa shape index (κ1) is 24.5. The van der Waals surface area contributed by atoms with E-state index in [9.17, 15) is 9.59 Å². The van der Waals surface area contributed by atoms with Gasteiger partial charge in [-0.25, -0.2) is 4.98 Å². The number of anilines is 2. The molecule has 10 nitrogen and oxygen atoms in total. The van der Waals surface area contributed by atoms with Crippen LogP contribution in [0.4, 0.5) is 11.6 Å². The Morgan fingerprint density at radius 3 is 2.60 bits per heavy atom. The molecule has 2 amide bonds. The molecule has 4 rings (SSSR count). The second-order valence-corrected chi connectivity index (χ2v) is 8.44. The lowest BCUT2D eigenvalue weighted by molar-refractivity contribution is -0.133. The Bertz CT molecular complexity index is 1210. The molecule has 1 aromatic carbocycles. The van der Waals surface area contributed by atoms with E-state index < -0.39 is 0 Å². The van der Waals surface area contributed by atoms with Gasteiger partial charge >= 0.3 is 0 Å². The Morgan fingerprint density at radius 1 is 1.14 bits per heavy atom. The number of hydrogen-bond acceptors (Lipinski definition) is 7. The standard InChI is InChI=1S/C25H32N6O4/c1-5-30(6-2)23(32)15-35-22-14-21(28-25(29-22)31-9-11-34-12-10-31)24(33)27-18-7-8-20-19(13-18)16(3)17(4)26-20/h7-8,13-14,26H,5-6,9-12,15H2,1-4H3,(H,27,33). The van der Waals surface area contributed by atoms with E-state index >= 15 is 0 Å². The minimum Gasteiger partial charge on any atom is -0.467 e. The Hall–Kier alpha value is -3.66. The van der Waals surface area contributed by atoms with Gasteiger partial charge in [-0.05, 0) is 51.5 Å². The molecule has 1 fully saturated rings. The van der Waals surface area contributed by atoms with E-state index in [1.54, 1.807) is 4.90 Å². The number of rotatable bonds is 8. The number of nitrogens with one attached hydrogen (secondary N) is 2. The number of aromatic nitrogens is 3. The summed E-state index contributed by atoms with van der Waals surface area (Å²) in [7, 11) is 0. The molecule has 0 aliphatic carbocycles. The average molecular weight is 481 g/mol. The fraction of sp³-hybridized carbons (Fsp3) is 0.440. The van der Waals surface area contributed by atoms with Crippen LogP contribution in [-0.2, 0) is 9.53 Å². The Labute approximate surface area is 204 Å². The molecule has 186 valence electrons. The second kappa shape index (κ2) is 10.7. The van der Waals surface area contributed by atoms with E-state index in [1.165, 1.54) is 6.07 Å². The maximum Gasteiger partial charge on any atom is 0.274 e. The van der Waals surface area contributed by atoms with Crippen LogP contribution in [0.25, 0.3) is 10.9 Å². The lowest BCUT2D eigenvalue weighted by atomic mass is 10.1. The van der Waals surface area contributed by atoms with Gasteiger partial charge in [-0.3, -0.25) is 9.59 Å². The van der Waals surface area contributed by atoms with E-state index in [4.69, 9.17) is 9.47 Å². The van der Waals surface area contributed by atoms with Crippen LogP contribution in [0, 0.1) is 13.8 Å². The lowest BCUT2D eigenvalue weighted by Crippen LogP contribution is -2.38. The molecule has 0 radical (unpaired) electrons. The molecule has 0 atom stereocenters. The van der Waals surface area contributed by atoms with Gasteiger partial charge in [-0.15, -0.1) is 0 Å². The summed E-state index contributed by atoms with van der Waals surface area (Å²) in [6.07, 6.45) is 0. The zero-order valence-electron chi connectivity index (χ0n) is 20.7. The number of benzene rings is 1. The van der Waals surface area contributed by atoms with E-state index in [-0.39, 0.29) is 30.0 Å². The van der Waals surface area contributed by atoms with Gasteiger partial charge in [0.25, 0.3) is 11.8 Å². The number of aryl methyl sites for hydroxylation is 2. The highest BCUT2D eigenvalue weighted by Crippen LogP contribution is 2.25. The number of likely N-dealkylation sites (N-methyl/N-ethyl adjacent to an activating group) is 1. The maximum atomic E-state index is 13.2. The summed E-state index contributed by atoms with van der Waals surface area (Å²) in [6, 6.07) is 7.20. The summed E-state index contributed by atoms with van der Waals surface area (Å²) in [5.74, 6) is 0.0302. The van der Waals surface area contributed by atoms with Gasteiger partial charge in [-0.1, -0.05) is 0 Å². The zero-order valence-corrected chi connectivity index (χ0v) is 20.7. The van der Waals surface area contributed by atoms with Crippen molar-refractivity contribution in [3.8, 4) is 5.88 Å². The molecule has 3 heterocycles. The summed E-state index contributed by atoms with van der Waals surface area (Å²) in [4.78, 5) is 41.5. The monoisotopic (exact) mass is 480 g/mol. The minimum atomic E-state index is -0.383. The number of nitrogens with zero attached hydrogens (tertiary/aromatic N) is 4. The average Bonchev–Trinajstić information content (AvgIpc) is 3.16. The predicted molar refractivity (Wildman–Crippen MR) is 134 cm³/mol. The molecular weight excluding hydrogens is 448 g/mol. The summed E-state index contributed by atoms with van der Waals surface area (Å²) in [5.41, 5.74) is 4.07. The third-order valence-corrected chi connectivity index (χ3v) is 6.24. The number of ether oxygens (including phenoxy) is 2. The predicted octanol–water partition coefficient (Wildman–Crippen LogP) is 2.91. The fourth-order valence-corrected chi connectivity index (χ4v) is 4.05. The molecule has 0 saturated carbocycles. The van der Waals surface area contributed by atoms with Gasteiger partial charge in [-0.2, -0.15) is 4.98 Å². The fourth-order valence-electron chi connectivity index (χ4n) is 4.05. The van der Waals surface area contributed by atoms with Gasteiger partial charge in [0.15, 0.2) is 6.61 Å². The number of fused-ring (bicyclic) bond motifs is 1. The Balaban J connectivity index is 1.58. The summed E-state index contributed by atoms with van der Waals surface area (Å²) < 4.78 is 11.1. The number of amides is 2. The van der Waals surface area contributed by atoms with Crippen LogP contribution in [0.5, 0.6) is 5.88 Å². The van der Waals surface area contributed by atoms with Crippen LogP contribution in [0.15, 0.2) is 24.3 Å². The summed E-state index contributed by atoms with van der Waals surface area (Å²) >= 11 is 0. The second-order valence-electron chi connectivity index (χ2n) is 8.44. The smallest absolute Gasteiger partial charge is 0.274 e. The highest BCUT2D eigenvalue weighted by Gasteiger charge is 2.20. The maximum absolute atomic E-state index is 13.2. The third kappa shape index (κ3) is 5.54. The quantitative estimate of drug-likeness (QED) is 0.510. The third-order valence-electron chi connectivity index (χ3n) is 6.24. The first-order chi connectivity index (χ1) is 16.9. The molecule has 10 heteroatoms. The van der Waals surface area contributed by atoms with Crippen LogP contribution in [0.1, 0.15) is 35.6 Å². The molecule has 2 N–H and O–H groups in total. The van der Waals surface area contributed by atoms with Crippen LogP contribution in [0.2, 0.25) is 0 Å². The van der Waals surface area contributed by atoms with Crippen LogP contribution < -0.4 is 15.0 Å².